The van der Waals surface area contributed by atoms with Gasteiger partial charge in [-0.05, 0) is 0 Å². The lowest BCUT2D eigenvalue weighted by Crippen LogP contribution is -2.53. The van der Waals surface area contributed by atoms with Gasteiger partial charge in [0, 0.05) is 14.2 Å². The van der Waals surface area contributed by atoms with Gasteiger partial charge in [-0.1, -0.05) is 0 Å². The van der Waals surface area contributed by atoms with Crippen molar-refractivity contribution in [3.63, 3.8) is 0 Å². The summed E-state index contributed by atoms with van der Waals surface area (Å²) in [5, 5.41) is 0. The van der Waals surface area contributed by atoms with Crippen molar-refractivity contribution in [1.29, 1.82) is 0 Å². The summed E-state index contributed by atoms with van der Waals surface area (Å²) < 4.78 is 36.7. The number of hydrogen-bond donors (Lipinski definition) is 0. The van der Waals surface area contributed by atoms with Gasteiger partial charge < -0.3 is 9.47 Å². The molecule has 0 aromatic rings. The summed E-state index contributed by atoms with van der Waals surface area (Å²) in [6.07, 6.45) is -0.475. The van der Waals surface area contributed by atoms with Crippen LogP contribution in [0.25, 0.3) is 0 Å². The van der Waals surface area contributed by atoms with E-state index in [-0.39, 0.29) is 19.8 Å². The van der Waals surface area contributed by atoms with Crippen molar-refractivity contribution >= 4 is 7.82 Å². The van der Waals surface area contributed by atoms with Crippen LogP contribution < -0.4 is 0 Å². The number of phosphoric ester groups is 1. The molecular formula is C7H13O6P. The first-order valence-corrected chi connectivity index (χ1v) is 5.69. The first-order valence-electron chi connectivity index (χ1n) is 4.23. The van der Waals surface area contributed by atoms with Gasteiger partial charge in [0.25, 0.3) is 0 Å². The van der Waals surface area contributed by atoms with Crippen LogP contribution in [0.3, 0.4) is 0 Å². The summed E-state index contributed by atoms with van der Waals surface area (Å²) in [5.74, 6) is 0. The predicted molar refractivity (Wildman–Crippen MR) is 45.7 cm³/mol. The Bertz CT molecular complexity index is 232. The maximum absolute atomic E-state index is 11.4. The van der Waals surface area contributed by atoms with Crippen LogP contribution in [-0.4, -0.2) is 40.3 Å². The van der Waals surface area contributed by atoms with Gasteiger partial charge in [-0.2, -0.15) is 0 Å². The van der Waals surface area contributed by atoms with Gasteiger partial charge in [-0.15, -0.1) is 0 Å². The third-order valence-corrected chi connectivity index (χ3v) is 3.79. The van der Waals surface area contributed by atoms with Crippen LogP contribution in [0.1, 0.15) is 0 Å². The van der Waals surface area contributed by atoms with Crippen LogP contribution in [0.2, 0.25) is 0 Å². The lowest BCUT2D eigenvalue weighted by molar-refractivity contribution is -0.239. The van der Waals surface area contributed by atoms with E-state index in [9.17, 15) is 4.57 Å². The molecule has 3 fully saturated rings. The lowest BCUT2D eigenvalue weighted by atomic mass is 9.90. The highest BCUT2D eigenvalue weighted by molar-refractivity contribution is 7.48. The van der Waals surface area contributed by atoms with Crippen LogP contribution in [-0.2, 0) is 27.6 Å². The first-order chi connectivity index (χ1) is 6.64. The number of ether oxygens (including phenoxy) is 2. The molecule has 0 aliphatic carbocycles. The highest BCUT2D eigenvalue weighted by atomic mass is 31.2. The Hall–Kier alpha value is 0.0300. The van der Waals surface area contributed by atoms with Crippen LogP contribution in [0.15, 0.2) is 0 Å². The van der Waals surface area contributed by atoms with Crippen molar-refractivity contribution in [1.82, 2.24) is 0 Å². The van der Waals surface area contributed by atoms with Crippen LogP contribution in [0, 0.1) is 5.41 Å². The van der Waals surface area contributed by atoms with E-state index in [2.05, 4.69) is 0 Å². The summed E-state index contributed by atoms with van der Waals surface area (Å²) in [4.78, 5) is 0. The second-order valence-corrected chi connectivity index (χ2v) is 5.10. The molecule has 3 rings (SSSR count). The van der Waals surface area contributed by atoms with E-state index in [0.29, 0.717) is 0 Å². The van der Waals surface area contributed by atoms with E-state index in [1.54, 1.807) is 0 Å². The largest absolute Gasteiger partial charge is 0.474 e. The maximum Gasteiger partial charge on any atom is 0.474 e. The SMILES string of the molecule is COC(OC)C12COP(=O)(OC1)OC2. The van der Waals surface area contributed by atoms with Gasteiger partial charge in [-0.3, -0.25) is 13.6 Å². The predicted octanol–water partition coefficient (Wildman–Crippen LogP) is 0.777. The van der Waals surface area contributed by atoms with E-state index in [4.69, 9.17) is 23.0 Å². The molecule has 3 aliphatic heterocycles. The molecule has 3 saturated heterocycles. The molecule has 7 heteroatoms. The Kier molecular flexibility index (Phi) is 2.68. The summed E-state index contributed by atoms with van der Waals surface area (Å²) in [7, 11) is -0.176. The fourth-order valence-corrected chi connectivity index (χ4v) is 3.13. The minimum absolute atomic E-state index is 0.274. The molecule has 0 aromatic heterocycles. The maximum atomic E-state index is 11.4. The van der Waals surface area contributed by atoms with Crippen molar-refractivity contribution in [3.8, 4) is 0 Å². The Balaban J connectivity index is 2.14. The average Bonchev–Trinajstić information content (AvgIpc) is 2.22. The molecule has 3 heterocycles. The standard InChI is InChI=1S/C7H13O6P/c1-9-6(10-2)7-3-11-14(8,12-4-7)13-5-7/h6H,3-5H2,1-2H3. The fourth-order valence-electron chi connectivity index (χ4n) is 1.66. The minimum Gasteiger partial charge on any atom is -0.355 e. The molecule has 0 N–H and O–H groups in total. The van der Waals surface area contributed by atoms with E-state index >= 15 is 0 Å². The quantitative estimate of drug-likeness (QED) is 0.521. The third-order valence-electron chi connectivity index (χ3n) is 2.46. The molecular weight excluding hydrogens is 211 g/mol. The van der Waals surface area contributed by atoms with Crippen molar-refractivity contribution in [2.45, 2.75) is 6.29 Å². The van der Waals surface area contributed by atoms with E-state index in [1.807, 2.05) is 0 Å². The van der Waals surface area contributed by atoms with Crippen LogP contribution in [0.5, 0.6) is 0 Å². The molecule has 0 spiro atoms. The summed E-state index contributed by atoms with van der Waals surface area (Å²) in [6.45, 7) is 0.823. The van der Waals surface area contributed by atoms with Crippen molar-refractivity contribution in [3.05, 3.63) is 0 Å². The summed E-state index contributed by atoms with van der Waals surface area (Å²) in [6, 6.07) is 0. The molecule has 0 amide bonds. The second kappa shape index (κ2) is 3.56. The number of methoxy groups -OCH3 is 2. The lowest BCUT2D eigenvalue weighted by Gasteiger charge is -2.46. The molecule has 82 valence electrons. The zero-order chi connectivity index (χ0) is 10.2. The highest BCUT2D eigenvalue weighted by Crippen LogP contribution is 2.60. The molecule has 0 aromatic carbocycles. The van der Waals surface area contributed by atoms with Gasteiger partial charge in [0.15, 0.2) is 6.29 Å². The first kappa shape index (κ1) is 10.5. The van der Waals surface area contributed by atoms with Gasteiger partial charge in [0.05, 0.1) is 25.2 Å². The summed E-state index contributed by atoms with van der Waals surface area (Å²) >= 11 is 0. The zero-order valence-electron chi connectivity index (χ0n) is 8.10. The Morgan fingerprint density at radius 1 is 1.14 bits per heavy atom. The minimum atomic E-state index is -3.24. The van der Waals surface area contributed by atoms with E-state index in [0.717, 1.165) is 0 Å². The number of phosphoric acid groups is 1. The second-order valence-electron chi connectivity index (χ2n) is 3.43. The smallest absolute Gasteiger partial charge is 0.355 e. The Morgan fingerprint density at radius 2 is 1.57 bits per heavy atom. The fraction of sp³-hybridized carbons (Fsp3) is 1.00. The van der Waals surface area contributed by atoms with E-state index in [1.165, 1.54) is 14.2 Å². The molecule has 0 saturated carbocycles. The van der Waals surface area contributed by atoms with E-state index < -0.39 is 19.5 Å². The molecule has 0 atom stereocenters. The number of rotatable bonds is 3. The topological polar surface area (TPSA) is 63.2 Å². The van der Waals surface area contributed by atoms with Crippen molar-refractivity contribution in [2.24, 2.45) is 5.41 Å². The Morgan fingerprint density at radius 3 is 1.93 bits per heavy atom. The molecule has 0 unspecified atom stereocenters. The molecule has 0 radical (unpaired) electrons. The zero-order valence-corrected chi connectivity index (χ0v) is 8.99. The monoisotopic (exact) mass is 224 g/mol. The van der Waals surface area contributed by atoms with Crippen LogP contribution >= 0.6 is 7.82 Å². The van der Waals surface area contributed by atoms with Crippen molar-refractivity contribution < 1.29 is 27.6 Å². The number of hydrogen-bond acceptors (Lipinski definition) is 6. The molecule has 6 nitrogen and oxygen atoms in total. The third kappa shape index (κ3) is 1.52. The van der Waals surface area contributed by atoms with Crippen LogP contribution in [0.4, 0.5) is 0 Å². The average molecular weight is 224 g/mol. The van der Waals surface area contributed by atoms with Gasteiger partial charge in [0.2, 0.25) is 0 Å². The number of fused-ring (bicyclic) bond motifs is 3. The molecule has 2 bridgehead atoms. The van der Waals surface area contributed by atoms with Crippen molar-refractivity contribution in [2.75, 3.05) is 34.0 Å². The summed E-state index contributed by atoms with van der Waals surface area (Å²) in [5.41, 5.74) is -0.504. The van der Waals surface area contributed by atoms with Gasteiger partial charge in [-0.25, -0.2) is 4.57 Å². The molecule has 3 aliphatic rings. The van der Waals surface area contributed by atoms with Gasteiger partial charge >= 0.3 is 7.82 Å². The van der Waals surface area contributed by atoms with Gasteiger partial charge in [0.1, 0.15) is 0 Å². The molecule has 14 heavy (non-hydrogen) atoms. The normalized spacial score (nSPS) is 41.9. The highest BCUT2D eigenvalue weighted by Gasteiger charge is 2.55. The Labute approximate surface area is 82.0 Å².